The van der Waals surface area contributed by atoms with E-state index in [9.17, 15) is 0 Å². The first-order chi connectivity index (χ1) is 8.74. The molecule has 106 valence electrons. The highest BCUT2D eigenvalue weighted by atomic mass is 15.2. The number of nitrogens with one attached hydrogen (secondary N) is 1. The van der Waals surface area contributed by atoms with Gasteiger partial charge in [-0.25, -0.2) is 0 Å². The van der Waals surface area contributed by atoms with Gasteiger partial charge in [0.25, 0.3) is 0 Å². The smallest absolute Gasteiger partial charge is 0.0197 e. The lowest BCUT2D eigenvalue weighted by Crippen LogP contribution is -2.41. The van der Waals surface area contributed by atoms with E-state index < -0.39 is 0 Å². The van der Waals surface area contributed by atoms with Crippen molar-refractivity contribution < 1.29 is 0 Å². The van der Waals surface area contributed by atoms with Crippen molar-refractivity contribution in [2.24, 2.45) is 5.92 Å². The van der Waals surface area contributed by atoms with Crippen molar-refractivity contribution >= 4 is 0 Å². The Labute approximate surface area is 113 Å². The summed E-state index contributed by atoms with van der Waals surface area (Å²) in [5, 5.41) is 3.72. The number of rotatable bonds is 5. The topological polar surface area (TPSA) is 18.5 Å². The molecule has 0 radical (unpaired) electrons. The summed E-state index contributed by atoms with van der Waals surface area (Å²) in [4.78, 5) is 5.32. The minimum atomic E-state index is 0.714. The van der Waals surface area contributed by atoms with Crippen LogP contribution in [-0.4, -0.2) is 61.7 Å². The minimum absolute atomic E-state index is 0.714. The summed E-state index contributed by atoms with van der Waals surface area (Å²) in [6.07, 6.45) is 5.46. The summed E-state index contributed by atoms with van der Waals surface area (Å²) in [6, 6.07) is 0.714. The van der Waals surface area contributed by atoms with Crippen LogP contribution in [0.3, 0.4) is 0 Å². The van der Waals surface area contributed by atoms with Crippen LogP contribution in [0.5, 0.6) is 0 Å². The van der Waals surface area contributed by atoms with Crippen molar-refractivity contribution in [1.29, 1.82) is 0 Å². The average Bonchev–Trinajstić information content (AvgIpc) is 2.74. The van der Waals surface area contributed by atoms with Crippen LogP contribution in [0.4, 0.5) is 0 Å². The van der Waals surface area contributed by atoms with E-state index in [-0.39, 0.29) is 0 Å². The highest BCUT2D eigenvalue weighted by Crippen LogP contribution is 2.11. The maximum absolute atomic E-state index is 3.72. The summed E-state index contributed by atoms with van der Waals surface area (Å²) < 4.78 is 0. The lowest BCUT2D eigenvalue weighted by atomic mass is 10.0. The van der Waals surface area contributed by atoms with E-state index in [1.165, 1.54) is 71.5 Å². The lowest BCUT2D eigenvalue weighted by Gasteiger charge is -2.27. The van der Waals surface area contributed by atoms with Crippen molar-refractivity contribution in [2.45, 2.75) is 45.6 Å². The first-order valence-corrected chi connectivity index (χ1v) is 7.92. The molecule has 0 aromatic carbocycles. The molecule has 0 aromatic rings. The van der Waals surface area contributed by atoms with Gasteiger partial charge >= 0.3 is 0 Å². The van der Waals surface area contributed by atoms with Crippen molar-refractivity contribution in [2.75, 3.05) is 45.8 Å². The van der Waals surface area contributed by atoms with Crippen LogP contribution in [0.2, 0.25) is 0 Å². The Bertz CT molecular complexity index is 224. The van der Waals surface area contributed by atoms with Crippen molar-refractivity contribution in [3.8, 4) is 0 Å². The Kier molecular flexibility index (Phi) is 5.93. The maximum atomic E-state index is 3.72. The van der Waals surface area contributed by atoms with Crippen LogP contribution >= 0.6 is 0 Å². The second-order valence-corrected chi connectivity index (χ2v) is 6.48. The van der Waals surface area contributed by atoms with E-state index in [1.807, 2.05) is 0 Å². The van der Waals surface area contributed by atoms with Crippen LogP contribution in [-0.2, 0) is 0 Å². The summed E-state index contributed by atoms with van der Waals surface area (Å²) in [7, 11) is 0. The highest BCUT2D eigenvalue weighted by molar-refractivity contribution is 4.78. The Morgan fingerprint density at radius 3 is 2.39 bits per heavy atom. The third-order valence-electron chi connectivity index (χ3n) is 4.25. The van der Waals surface area contributed by atoms with Gasteiger partial charge in [-0.05, 0) is 57.8 Å². The van der Waals surface area contributed by atoms with E-state index in [4.69, 9.17) is 0 Å². The molecular weight excluding hydrogens is 222 g/mol. The monoisotopic (exact) mass is 253 g/mol. The molecule has 0 aliphatic carbocycles. The van der Waals surface area contributed by atoms with Gasteiger partial charge in [-0.3, -0.25) is 0 Å². The Hall–Kier alpha value is -0.120. The third-order valence-corrected chi connectivity index (χ3v) is 4.25. The van der Waals surface area contributed by atoms with Crippen molar-refractivity contribution in [3.63, 3.8) is 0 Å². The maximum Gasteiger partial charge on any atom is 0.0197 e. The molecule has 0 bridgehead atoms. The average molecular weight is 253 g/mol. The summed E-state index contributed by atoms with van der Waals surface area (Å²) in [6.45, 7) is 13.6. The first-order valence-electron chi connectivity index (χ1n) is 7.92. The molecule has 2 aliphatic rings. The Morgan fingerprint density at radius 2 is 1.67 bits per heavy atom. The summed E-state index contributed by atoms with van der Waals surface area (Å²) in [5.74, 6) is 0.807. The molecule has 1 unspecified atom stereocenters. The molecule has 2 rings (SSSR count). The largest absolute Gasteiger partial charge is 0.313 e. The van der Waals surface area contributed by atoms with E-state index in [2.05, 4.69) is 29.0 Å². The van der Waals surface area contributed by atoms with Gasteiger partial charge in [-0.1, -0.05) is 13.8 Å². The molecule has 2 fully saturated rings. The van der Waals surface area contributed by atoms with Crippen LogP contribution in [0.25, 0.3) is 0 Å². The van der Waals surface area contributed by atoms with E-state index in [0.717, 1.165) is 5.92 Å². The van der Waals surface area contributed by atoms with Crippen molar-refractivity contribution in [1.82, 2.24) is 15.1 Å². The fourth-order valence-electron chi connectivity index (χ4n) is 3.30. The molecule has 0 aromatic heterocycles. The highest BCUT2D eigenvalue weighted by Gasteiger charge is 2.19. The van der Waals surface area contributed by atoms with Gasteiger partial charge in [-0.15, -0.1) is 0 Å². The van der Waals surface area contributed by atoms with Gasteiger partial charge in [0.1, 0.15) is 0 Å². The van der Waals surface area contributed by atoms with Crippen molar-refractivity contribution in [3.05, 3.63) is 0 Å². The van der Waals surface area contributed by atoms with Crippen LogP contribution < -0.4 is 5.32 Å². The number of nitrogens with zero attached hydrogens (tertiary/aromatic N) is 2. The first kappa shape index (κ1) is 14.3. The SMILES string of the molecule is CC(C)CC1CN(CCN2CCCC2)CCCN1. The van der Waals surface area contributed by atoms with Gasteiger partial charge in [0.05, 0.1) is 0 Å². The lowest BCUT2D eigenvalue weighted by molar-refractivity contribution is 0.215. The van der Waals surface area contributed by atoms with Crippen LogP contribution in [0.1, 0.15) is 39.5 Å². The molecule has 3 heteroatoms. The minimum Gasteiger partial charge on any atom is -0.313 e. The second-order valence-electron chi connectivity index (χ2n) is 6.48. The summed E-state index contributed by atoms with van der Waals surface area (Å²) >= 11 is 0. The number of hydrogen-bond acceptors (Lipinski definition) is 3. The molecule has 2 aliphatic heterocycles. The molecule has 0 amide bonds. The zero-order chi connectivity index (χ0) is 12.8. The van der Waals surface area contributed by atoms with Gasteiger partial charge in [-0.2, -0.15) is 0 Å². The van der Waals surface area contributed by atoms with Gasteiger partial charge < -0.3 is 15.1 Å². The second kappa shape index (κ2) is 7.46. The molecule has 1 atom stereocenters. The zero-order valence-electron chi connectivity index (χ0n) is 12.3. The van der Waals surface area contributed by atoms with E-state index in [1.54, 1.807) is 0 Å². The fraction of sp³-hybridized carbons (Fsp3) is 1.00. The molecule has 2 saturated heterocycles. The predicted molar refractivity (Wildman–Crippen MR) is 78.0 cm³/mol. The number of likely N-dealkylation sites (tertiary alicyclic amines) is 1. The molecule has 0 saturated carbocycles. The summed E-state index contributed by atoms with van der Waals surface area (Å²) in [5.41, 5.74) is 0. The molecule has 3 nitrogen and oxygen atoms in total. The molecule has 1 N–H and O–H groups in total. The van der Waals surface area contributed by atoms with Crippen LogP contribution in [0, 0.1) is 5.92 Å². The van der Waals surface area contributed by atoms with Gasteiger partial charge in [0.2, 0.25) is 0 Å². The zero-order valence-corrected chi connectivity index (χ0v) is 12.3. The standard InChI is InChI=1S/C15H31N3/c1-14(2)12-15-13-18(9-5-6-16-15)11-10-17-7-3-4-8-17/h14-16H,3-13H2,1-2H3. The van der Waals surface area contributed by atoms with E-state index >= 15 is 0 Å². The van der Waals surface area contributed by atoms with E-state index in [0.29, 0.717) is 6.04 Å². The Morgan fingerprint density at radius 1 is 1.00 bits per heavy atom. The normalized spacial score (nSPS) is 27.8. The van der Waals surface area contributed by atoms with Gasteiger partial charge in [0.15, 0.2) is 0 Å². The fourth-order valence-corrected chi connectivity index (χ4v) is 3.30. The molecule has 0 spiro atoms. The quantitative estimate of drug-likeness (QED) is 0.806. The molecule has 18 heavy (non-hydrogen) atoms. The number of hydrogen-bond donors (Lipinski definition) is 1. The Balaban J connectivity index is 1.72. The third kappa shape index (κ3) is 4.87. The van der Waals surface area contributed by atoms with Crippen LogP contribution in [0.15, 0.2) is 0 Å². The molecule has 2 heterocycles. The molecular formula is C15H31N3. The van der Waals surface area contributed by atoms with Gasteiger partial charge in [0, 0.05) is 25.7 Å². The predicted octanol–water partition coefficient (Wildman–Crippen LogP) is 1.79.